The van der Waals surface area contributed by atoms with Crippen LogP contribution >= 0.6 is 0 Å². The summed E-state index contributed by atoms with van der Waals surface area (Å²) < 4.78 is 0. The van der Waals surface area contributed by atoms with Crippen molar-refractivity contribution < 1.29 is 0 Å². The molecular formula is C14H17N3. The summed E-state index contributed by atoms with van der Waals surface area (Å²) in [5.74, 6) is 0.792. The lowest BCUT2D eigenvalue weighted by atomic mass is 10.1. The van der Waals surface area contributed by atoms with Gasteiger partial charge in [0.15, 0.2) is 5.82 Å². The van der Waals surface area contributed by atoms with Crippen LogP contribution in [-0.4, -0.2) is 16.5 Å². The molecule has 17 heavy (non-hydrogen) atoms. The maximum absolute atomic E-state index is 4.54. The quantitative estimate of drug-likeness (QED) is 0.872. The Labute approximate surface area is 102 Å². The monoisotopic (exact) mass is 227 g/mol. The van der Waals surface area contributed by atoms with Crippen molar-refractivity contribution in [2.75, 3.05) is 6.54 Å². The van der Waals surface area contributed by atoms with E-state index in [9.17, 15) is 0 Å². The van der Waals surface area contributed by atoms with Crippen molar-refractivity contribution in [3.05, 3.63) is 47.8 Å². The average Bonchev–Trinajstić information content (AvgIpc) is 2.37. The number of hydrogen-bond acceptors (Lipinski definition) is 3. The van der Waals surface area contributed by atoms with Crippen LogP contribution in [0.5, 0.6) is 0 Å². The molecule has 0 radical (unpaired) electrons. The fraction of sp³-hybridized carbons (Fsp3) is 0.286. The normalized spacial score (nSPS) is 10.5. The van der Waals surface area contributed by atoms with Crippen molar-refractivity contribution in [2.24, 2.45) is 0 Å². The number of nitrogens with zero attached hydrogens (tertiary/aromatic N) is 2. The number of hydrogen-bond donors (Lipinski definition) is 1. The van der Waals surface area contributed by atoms with Gasteiger partial charge in [0.05, 0.1) is 5.69 Å². The molecule has 0 amide bonds. The number of aromatic nitrogens is 2. The van der Waals surface area contributed by atoms with E-state index >= 15 is 0 Å². The molecule has 88 valence electrons. The summed E-state index contributed by atoms with van der Waals surface area (Å²) in [6.45, 7) is 5.90. The van der Waals surface area contributed by atoms with Gasteiger partial charge >= 0.3 is 0 Å². The molecule has 0 unspecified atom stereocenters. The molecule has 0 atom stereocenters. The molecule has 0 aliphatic rings. The van der Waals surface area contributed by atoms with E-state index in [1.165, 1.54) is 5.56 Å². The first-order valence-corrected chi connectivity index (χ1v) is 5.89. The Kier molecular flexibility index (Phi) is 3.83. The first-order valence-electron chi connectivity index (χ1n) is 5.89. The molecule has 3 nitrogen and oxygen atoms in total. The lowest BCUT2D eigenvalue weighted by Crippen LogP contribution is -2.13. The van der Waals surface area contributed by atoms with Gasteiger partial charge in [-0.1, -0.05) is 36.8 Å². The van der Waals surface area contributed by atoms with Gasteiger partial charge in [-0.15, -0.1) is 0 Å². The first-order chi connectivity index (χ1) is 8.29. The van der Waals surface area contributed by atoms with Crippen LogP contribution in [-0.2, 0) is 6.54 Å². The second-order valence-corrected chi connectivity index (χ2v) is 4.02. The molecule has 2 rings (SSSR count). The molecule has 0 aliphatic heterocycles. The first kappa shape index (κ1) is 11.7. The van der Waals surface area contributed by atoms with Crippen molar-refractivity contribution in [2.45, 2.75) is 20.4 Å². The van der Waals surface area contributed by atoms with Crippen LogP contribution in [0.25, 0.3) is 11.4 Å². The summed E-state index contributed by atoms with van der Waals surface area (Å²) in [7, 11) is 0. The van der Waals surface area contributed by atoms with Gasteiger partial charge in [-0.05, 0) is 19.5 Å². The topological polar surface area (TPSA) is 37.8 Å². The Hall–Kier alpha value is -1.74. The molecule has 1 aromatic carbocycles. The fourth-order valence-corrected chi connectivity index (χ4v) is 1.59. The summed E-state index contributed by atoms with van der Waals surface area (Å²) in [6, 6.07) is 10.2. The lowest BCUT2D eigenvalue weighted by molar-refractivity contribution is 0.709. The Morgan fingerprint density at radius 3 is 2.59 bits per heavy atom. The molecule has 2 aromatic rings. The predicted molar refractivity (Wildman–Crippen MR) is 69.6 cm³/mol. The van der Waals surface area contributed by atoms with Crippen LogP contribution in [0.2, 0.25) is 0 Å². The van der Waals surface area contributed by atoms with Gasteiger partial charge in [0.2, 0.25) is 0 Å². The van der Waals surface area contributed by atoms with Crippen LogP contribution in [0.3, 0.4) is 0 Å². The average molecular weight is 227 g/mol. The molecule has 0 fully saturated rings. The predicted octanol–water partition coefficient (Wildman–Crippen LogP) is 2.56. The smallest absolute Gasteiger partial charge is 0.159 e. The molecule has 0 saturated carbocycles. The second kappa shape index (κ2) is 5.55. The minimum atomic E-state index is 0.790. The van der Waals surface area contributed by atoms with Crippen molar-refractivity contribution in [3.63, 3.8) is 0 Å². The minimum absolute atomic E-state index is 0.790. The van der Waals surface area contributed by atoms with Crippen LogP contribution in [0.15, 0.2) is 36.5 Å². The summed E-state index contributed by atoms with van der Waals surface area (Å²) >= 11 is 0. The molecule has 0 aliphatic carbocycles. The molecule has 1 N–H and O–H groups in total. The zero-order valence-electron chi connectivity index (χ0n) is 10.3. The largest absolute Gasteiger partial charge is 0.311 e. The second-order valence-electron chi connectivity index (χ2n) is 4.02. The van der Waals surface area contributed by atoms with E-state index in [1.807, 2.05) is 12.3 Å². The fourth-order valence-electron chi connectivity index (χ4n) is 1.59. The molecular weight excluding hydrogens is 210 g/mol. The van der Waals surface area contributed by atoms with Crippen molar-refractivity contribution >= 4 is 0 Å². The van der Waals surface area contributed by atoms with Gasteiger partial charge in [0, 0.05) is 18.3 Å². The highest BCUT2D eigenvalue weighted by Gasteiger charge is 2.01. The van der Waals surface area contributed by atoms with E-state index in [0.717, 1.165) is 30.2 Å². The third-order valence-corrected chi connectivity index (χ3v) is 2.58. The van der Waals surface area contributed by atoms with E-state index in [2.05, 4.69) is 53.4 Å². The Morgan fingerprint density at radius 2 is 1.88 bits per heavy atom. The SMILES string of the molecule is CCNCc1ccnc(-c2ccc(C)cc2)n1. The maximum Gasteiger partial charge on any atom is 0.159 e. The number of aryl methyl sites for hydroxylation is 1. The molecule has 0 saturated heterocycles. The summed E-state index contributed by atoms with van der Waals surface area (Å²) in [4.78, 5) is 8.85. The van der Waals surface area contributed by atoms with Crippen molar-refractivity contribution in [1.82, 2.24) is 15.3 Å². The van der Waals surface area contributed by atoms with Gasteiger partial charge in [0.25, 0.3) is 0 Å². The number of rotatable bonds is 4. The summed E-state index contributed by atoms with van der Waals surface area (Å²) in [5.41, 5.74) is 3.34. The Morgan fingerprint density at radius 1 is 1.12 bits per heavy atom. The highest BCUT2D eigenvalue weighted by molar-refractivity contribution is 5.55. The lowest BCUT2D eigenvalue weighted by Gasteiger charge is -2.04. The van der Waals surface area contributed by atoms with E-state index < -0.39 is 0 Å². The van der Waals surface area contributed by atoms with Crippen molar-refractivity contribution in [1.29, 1.82) is 0 Å². The third kappa shape index (κ3) is 3.11. The maximum atomic E-state index is 4.54. The zero-order valence-corrected chi connectivity index (χ0v) is 10.3. The van der Waals surface area contributed by atoms with Gasteiger partial charge in [-0.25, -0.2) is 9.97 Å². The van der Waals surface area contributed by atoms with Gasteiger partial charge in [0.1, 0.15) is 0 Å². The molecule has 1 aromatic heterocycles. The van der Waals surface area contributed by atoms with Gasteiger partial charge in [-0.3, -0.25) is 0 Å². The molecule has 1 heterocycles. The third-order valence-electron chi connectivity index (χ3n) is 2.58. The Bertz CT molecular complexity index is 477. The zero-order chi connectivity index (χ0) is 12.1. The van der Waals surface area contributed by atoms with Crippen LogP contribution in [0, 0.1) is 6.92 Å². The molecule has 0 spiro atoms. The highest BCUT2D eigenvalue weighted by Crippen LogP contribution is 2.15. The highest BCUT2D eigenvalue weighted by atomic mass is 14.9. The van der Waals surface area contributed by atoms with E-state index in [-0.39, 0.29) is 0 Å². The number of nitrogens with one attached hydrogen (secondary N) is 1. The van der Waals surface area contributed by atoms with E-state index in [0.29, 0.717) is 0 Å². The molecule has 3 heteroatoms. The van der Waals surface area contributed by atoms with Crippen LogP contribution in [0.1, 0.15) is 18.2 Å². The minimum Gasteiger partial charge on any atom is -0.311 e. The van der Waals surface area contributed by atoms with E-state index in [4.69, 9.17) is 0 Å². The van der Waals surface area contributed by atoms with Crippen LogP contribution in [0.4, 0.5) is 0 Å². The van der Waals surface area contributed by atoms with Crippen LogP contribution < -0.4 is 5.32 Å². The van der Waals surface area contributed by atoms with Gasteiger partial charge in [-0.2, -0.15) is 0 Å². The van der Waals surface area contributed by atoms with Crippen molar-refractivity contribution in [3.8, 4) is 11.4 Å². The Balaban J connectivity index is 2.23. The summed E-state index contributed by atoms with van der Waals surface area (Å²) in [5, 5.41) is 3.26. The molecule has 0 bridgehead atoms. The van der Waals surface area contributed by atoms with E-state index in [1.54, 1.807) is 0 Å². The standard InChI is InChI=1S/C14H17N3/c1-3-15-10-13-8-9-16-14(17-13)12-6-4-11(2)5-7-12/h4-9,15H,3,10H2,1-2H3. The van der Waals surface area contributed by atoms with Gasteiger partial charge < -0.3 is 5.32 Å². The summed E-state index contributed by atoms with van der Waals surface area (Å²) in [6.07, 6.45) is 1.81. The number of benzene rings is 1.